The monoisotopic (exact) mass is 136 g/mol. The minimum atomic E-state index is 1.26. The average Bonchev–Trinajstić information content (AvgIpc) is 2.14. The van der Waals surface area contributed by atoms with Gasteiger partial charge in [0.25, 0.3) is 0 Å². The number of hydrogen-bond acceptors (Lipinski definition) is 0. The summed E-state index contributed by atoms with van der Waals surface area (Å²) in [6.07, 6.45) is 9.75. The Morgan fingerprint density at radius 3 is 2.80 bits per heavy atom. The van der Waals surface area contributed by atoms with Crippen LogP contribution in [0.15, 0.2) is 23.3 Å². The lowest BCUT2D eigenvalue weighted by atomic mass is 10.1. The van der Waals surface area contributed by atoms with Crippen LogP contribution in [0.2, 0.25) is 0 Å². The summed E-state index contributed by atoms with van der Waals surface area (Å²) in [7, 11) is 0. The molecule has 0 N–H and O–H groups in total. The van der Waals surface area contributed by atoms with E-state index >= 15 is 0 Å². The van der Waals surface area contributed by atoms with Crippen molar-refractivity contribution in [2.75, 3.05) is 0 Å². The molecule has 0 aromatic rings. The molecular weight excluding hydrogens is 120 g/mol. The molecule has 0 fully saturated rings. The van der Waals surface area contributed by atoms with E-state index in [1.54, 1.807) is 11.1 Å². The molecule has 0 bridgehead atoms. The molecule has 1 rings (SSSR count). The van der Waals surface area contributed by atoms with Gasteiger partial charge in [-0.1, -0.05) is 23.3 Å². The summed E-state index contributed by atoms with van der Waals surface area (Å²) >= 11 is 0. The SMILES string of the molecule is C/C=C1/CCC=C(C)CC1. The van der Waals surface area contributed by atoms with Crippen LogP contribution in [0.1, 0.15) is 39.5 Å². The molecule has 0 aromatic heterocycles. The Labute approximate surface area is 63.6 Å². The molecule has 0 amide bonds. The third kappa shape index (κ3) is 2.02. The fourth-order valence-electron chi connectivity index (χ4n) is 1.38. The third-order valence-corrected chi connectivity index (χ3v) is 2.21. The number of hydrogen-bond donors (Lipinski definition) is 0. The summed E-state index contributed by atoms with van der Waals surface area (Å²) < 4.78 is 0. The highest BCUT2D eigenvalue weighted by atomic mass is 14.1. The molecule has 0 saturated heterocycles. The van der Waals surface area contributed by atoms with E-state index in [2.05, 4.69) is 26.0 Å². The van der Waals surface area contributed by atoms with Crippen LogP contribution in [0.3, 0.4) is 0 Å². The van der Waals surface area contributed by atoms with E-state index in [0.717, 1.165) is 0 Å². The highest BCUT2D eigenvalue weighted by molar-refractivity contribution is 5.11. The van der Waals surface area contributed by atoms with E-state index in [-0.39, 0.29) is 0 Å². The second kappa shape index (κ2) is 3.60. The summed E-state index contributed by atoms with van der Waals surface area (Å²) in [5.41, 5.74) is 3.20. The first-order valence-corrected chi connectivity index (χ1v) is 4.12. The van der Waals surface area contributed by atoms with Crippen molar-refractivity contribution in [1.29, 1.82) is 0 Å². The Balaban J connectivity index is 2.51. The maximum Gasteiger partial charge on any atom is -0.0283 e. The molecule has 0 aliphatic heterocycles. The van der Waals surface area contributed by atoms with Crippen molar-refractivity contribution in [2.24, 2.45) is 0 Å². The van der Waals surface area contributed by atoms with Crippen molar-refractivity contribution in [3.63, 3.8) is 0 Å². The molecule has 0 nitrogen and oxygen atoms in total. The van der Waals surface area contributed by atoms with E-state index in [9.17, 15) is 0 Å². The van der Waals surface area contributed by atoms with Gasteiger partial charge in [0.15, 0.2) is 0 Å². The van der Waals surface area contributed by atoms with Crippen molar-refractivity contribution >= 4 is 0 Å². The van der Waals surface area contributed by atoms with E-state index in [4.69, 9.17) is 0 Å². The second-order valence-corrected chi connectivity index (χ2v) is 3.04. The fraction of sp³-hybridized carbons (Fsp3) is 0.600. The van der Waals surface area contributed by atoms with Crippen LogP contribution >= 0.6 is 0 Å². The van der Waals surface area contributed by atoms with Gasteiger partial charge in [-0.05, 0) is 39.5 Å². The summed E-state index contributed by atoms with van der Waals surface area (Å²) in [6.45, 7) is 4.38. The summed E-state index contributed by atoms with van der Waals surface area (Å²) in [4.78, 5) is 0. The second-order valence-electron chi connectivity index (χ2n) is 3.04. The first-order chi connectivity index (χ1) is 4.83. The van der Waals surface area contributed by atoms with Crippen molar-refractivity contribution in [3.8, 4) is 0 Å². The average molecular weight is 136 g/mol. The molecule has 0 radical (unpaired) electrons. The standard InChI is InChI=1S/C10H16/c1-3-10-6-4-5-9(2)7-8-10/h3,5H,4,6-8H2,1-2H3/b10-3-. The van der Waals surface area contributed by atoms with Crippen LogP contribution in [0.25, 0.3) is 0 Å². The zero-order chi connectivity index (χ0) is 7.40. The summed E-state index contributed by atoms with van der Waals surface area (Å²) in [5, 5.41) is 0. The maximum absolute atomic E-state index is 2.37. The number of allylic oxidation sites excluding steroid dienone is 4. The normalized spacial score (nSPS) is 24.2. The smallest absolute Gasteiger partial charge is 0.0283 e. The fourth-order valence-corrected chi connectivity index (χ4v) is 1.38. The lowest BCUT2D eigenvalue weighted by Crippen LogP contribution is -1.79. The van der Waals surface area contributed by atoms with Gasteiger partial charge in [0.2, 0.25) is 0 Å². The molecular formula is C10H16. The van der Waals surface area contributed by atoms with Crippen molar-refractivity contribution < 1.29 is 0 Å². The van der Waals surface area contributed by atoms with Crippen LogP contribution in [0.4, 0.5) is 0 Å². The minimum absolute atomic E-state index is 1.26. The molecule has 10 heavy (non-hydrogen) atoms. The van der Waals surface area contributed by atoms with Gasteiger partial charge < -0.3 is 0 Å². The van der Waals surface area contributed by atoms with E-state index in [1.165, 1.54) is 25.7 Å². The van der Waals surface area contributed by atoms with Crippen LogP contribution < -0.4 is 0 Å². The molecule has 1 aliphatic carbocycles. The predicted octanol–water partition coefficient (Wildman–Crippen LogP) is 3.45. The molecule has 0 heteroatoms. The summed E-state index contributed by atoms with van der Waals surface area (Å²) in [6, 6.07) is 0. The van der Waals surface area contributed by atoms with Gasteiger partial charge in [-0.3, -0.25) is 0 Å². The van der Waals surface area contributed by atoms with E-state index in [0.29, 0.717) is 0 Å². The van der Waals surface area contributed by atoms with Gasteiger partial charge in [-0.25, -0.2) is 0 Å². The Bertz CT molecular complexity index is 161. The molecule has 0 saturated carbocycles. The Morgan fingerprint density at radius 2 is 2.10 bits per heavy atom. The zero-order valence-corrected chi connectivity index (χ0v) is 6.98. The minimum Gasteiger partial charge on any atom is -0.0884 e. The maximum atomic E-state index is 2.37. The first-order valence-electron chi connectivity index (χ1n) is 4.12. The molecule has 0 unspecified atom stereocenters. The van der Waals surface area contributed by atoms with Crippen molar-refractivity contribution in [3.05, 3.63) is 23.3 Å². The van der Waals surface area contributed by atoms with E-state index in [1.807, 2.05) is 0 Å². The first kappa shape index (κ1) is 7.59. The molecule has 0 heterocycles. The largest absolute Gasteiger partial charge is 0.0884 e. The number of rotatable bonds is 0. The lowest BCUT2D eigenvalue weighted by Gasteiger charge is -1.99. The predicted molar refractivity (Wildman–Crippen MR) is 46.0 cm³/mol. The zero-order valence-electron chi connectivity index (χ0n) is 6.98. The van der Waals surface area contributed by atoms with Crippen LogP contribution in [0, 0.1) is 0 Å². The molecule has 0 atom stereocenters. The quantitative estimate of drug-likeness (QED) is 0.447. The van der Waals surface area contributed by atoms with Gasteiger partial charge in [0, 0.05) is 0 Å². The highest BCUT2D eigenvalue weighted by Gasteiger charge is 2.01. The molecule has 0 spiro atoms. The topological polar surface area (TPSA) is 0 Å². The van der Waals surface area contributed by atoms with Gasteiger partial charge >= 0.3 is 0 Å². The van der Waals surface area contributed by atoms with Gasteiger partial charge in [-0.15, -0.1) is 0 Å². The van der Waals surface area contributed by atoms with Gasteiger partial charge in [0.05, 0.1) is 0 Å². The van der Waals surface area contributed by atoms with Gasteiger partial charge in [-0.2, -0.15) is 0 Å². The van der Waals surface area contributed by atoms with Gasteiger partial charge in [0.1, 0.15) is 0 Å². The van der Waals surface area contributed by atoms with Crippen LogP contribution in [0.5, 0.6) is 0 Å². The summed E-state index contributed by atoms with van der Waals surface area (Å²) in [5.74, 6) is 0. The van der Waals surface area contributed by atoms with Crippen molar-refractivity contribution in [1.82, 2.24) is 0 Å². The van der Waals surface area contributed by atoms with Crippen molar-refractivity contribution in [2.45, 2.75) is 39.5 Å². The van der Waals surface area contributed by atoms with Crippen LogP contribution in [-0.2, 0) is 0 Å². The highest BCUT2D eigenvalue weighted by Crippen LogP contribution is 2.21. The third-order valence-electron chi connectivity index (χ3n) is 2.21. The Kier molecular flexibility index (Phi) is 2.73. The molecule has 1 aliphatic rings. The lowest BCUT2D eigenvalue weighted by molar-refractivity contribution is 0.881. The molecule has 0 aromatic carbocycles. The Hall–Kier alpha value is -0.520. The Morgan fingerprint density at radius 1 is 1.30 bits per heavy atom. The van der Waals surface area contributed by atoms with Crippen LogP contribution in [-0.4, -0.2) is 0 Å². The molecule has 56 valence electrons. The van der Waals surface area contributed by atoms with E-state index < -0.39 is 0 Å².